The molecule has 0 saturated carbocycles. The third-order valence-electron chi connectivity index (χ3n) is 13.4. The molecule has 0 spiro atoms. The van der Waals surface area contributed by atoms with Gasteiger partial charge in [0.05, 0.1) is 0 Å². The van der Waals surface area contributed by atoms with Crippen LogP contribution in [0.25, 0.3) is 49.9 Å². The van der Waals surface area contributed by atoms with Crippen LogP contribution in [0.1, 0.15) is 56.9 Å². The van der Waals surface area contributed by atoms with Gasteiger partial charge in [-0.2, -0.15) is 12.1 Å². The fraction of sp³-hybridized carbons (Fsp3) is 0.129. The SMILES string of the molecule is Cc1cc(-n2c3[c-]c(Oc4[c-]c(N5[CH-]N(c6ccc(C(C)(C)C)cc6)c6cc(-c7ccccc7)ccc65)ccc4)ccc3c3ccccc32)ncc1-c1ccc(C(C)(C)c2ccccc2)cc1.[Pt]. The number of aryl methyl sites for hydroxylation is 1. The van der Waals surface area contributed by atoms with Gasteiger partial charge < -0.3 is 19.1 Å². The zero-order chi connectivity index (χ0) is 45.9. The Morgan fingerprint density at radius 3 is 1.93 bits per heavy atom. The van der Waals surface area contributed by atoms with Crippen molar-refractivity contribution in [2.24, 2.45) is 0 Å². The van der Waals surface area contributed by atoms with Crippen molar-refractivity contribution in [2.45, 2.75) is 52.4 Å². The molecule has 0 bridgehead atoms. The summed E-state index contributed by atoms with van der Waals surface area (Å²) in [6, 6.07) is 73.8. The molecule has 8 aromatic carbocycles. The molecule has 0 unspecified atom stereocenters. The van der Waals surface area contributed by atoms with E-state index in [4.69, 9.17) is 9.72 Å². The van der Waals surface area contributed by atoms with E-state index in [1.165, 1.54) is 22.3 Å². The average molecular weight is 1060 g/mol. The topological polar surface area (TPSA) is 33.5 Å². The number of anilines is 4. The number of para-hydroxylation sites is 1. The molecule has 68 heavy (non-hydrogen) atoms. The van der Waals surface area contributed by atoms with Crippen LogP contribution in [-0.2, 0) is 31.9 Å². The van der Waals surface area contributed by atoms with Gasteiger partial charge in [-0.15, -0.1) is 48.1 Å². The Hall–Kier alpha value is -7.20. The van der Waals surface area contributed by atoms with Crippen molar-refractivity contribution in [1.29, 1.82) is 0 Å². The molecule has 0 fully saturated rings. The maximum absolute atomic E-state index is 6.66. The summed E-state index contributed by atoms with van der Waals surface area (Å²) in [5, 5.41) is 2.21. The molecule has 0 amide bonds. The molecule has 0 saturated heterocycles. The van der Waals surface area contributed by atoms with Crippen molar-refractivity contribution in [1.82, 2.24) is 9.55 Å². The Morgan fingerprint density at radius 1 is 0.529 bits per heavy atom. The van der Waals surface area contributed by atoms with Crippen molar-refractivity contribution in [3.05, 3.63) is 235 Å². The summed E-state index contributed by atoms with van der Waals surface area (Å²) >= 11 is 0. The molecule has 338 valence electrons. The van der Waals surface area contributed by atoms with Gasteiger partial charge >= 0.3 is 0 Å². The van der Waals surface area contributed by atoms with Crippen LogP contribution in [-0.4, -0.2) is 9.55 Å². The first-order chi connectivity index (χ1) is 32.5. The van der Waals surface area contributed by atoms with E-state index < -0.39 is 0 Å². The second kappa shape index (κ2) is 17.8. The molecule has 0 radical (unpaired) electrons. The number of fused-ring (bicyclic) bond motifs is 4. The Bertz CT molecular complexity index is 3430. The van der Waals surface area contributed by atoms with E-state index in [0.29, 0.717) is 11.5 Å². The molecule has 0 N–H and O–H groups in total. The Labute approximate surface area is 414 Å². The largest absolute Gasteiger partial charge is 0.509 e. The van der Waals surface area contributed by atoms with Crippen LogP contribution in [0, 0.1) is 25.7 Å². The normalized spacial score (nSPS) is 12.6. The molecule has 0 atom stereocenters. The molecule has 2 aromatic heterocycles. The van der Waals surface area contributed by atoms with Crippen LogP contribution in [0.5, 0.6) is 11.5 Å². The van der Waals surface area contributed by atoms with Crippen LogP contribution >= 0.6 is 0 Å². The minimum absolute atomic E-state index is 0. The zero-order valence-electron chi connectivity index (χ0n) is 39.1. The fourth-order valence-electron chi connectivity index (χ4n) is 9.47. The van der Waals surface area contributed by atoms with Crippen molar-refractivity contribution < 1.29 is 25.8 Å². The standard InChI is InChI=1S/C62H51N4O.Pt/c1-42-36-60(63-40-55(42)44-24-27-48(28-25-44)62(5,6)47-18-11-8-12-19-47)66-56-23-14-13-22-53(56)54-34-33-52(39-58(54)66)67-51-21-15-20-50(38-51)65-41-64(49-31-29-46(30-32-49)61(2,3)4)59-37-45(26-35-57(59)65)43-16-9-7-10-17-43;/h7-37,40-41H,1-6H3;/q-3;. The molecule has 10 aromatic rings. The van der Waals surface area contributed by atoms with Crippen molar-refractivity contribution in [3.8, 4) is 39.6 Å². The van der Waals surface area contributed by atoms with Crippen LogP contribution in [0.15, 0.2) is 194 Å². The maximum Gasteiger partial charge on any atom is 0.135 e. The summed E-state index contributed by atoms with van der Waals surface area (Å²) < 4.78 is 8.86. The first kappa shape index (κ1) is 44.6. The molecular weight excluding hydrogens is 1010 g/mol. The summed E-state index contributed by atoms with van der Waals surface area (Å²) in [7, 11) is 0. The van der Waals surface area contributed by atoms with Gasteiger partial charge in [-0.1, -0.05) is 161 Å². The van der Waals surface area contributed by atoms with Crippen LogP contribution in [0.4, 0.5) is 22.7 Å². The summed E-state index contributed by atoms with van der Waals surface area (Å²) in [5.41, 5.74) is 15.6. The van der Waals surface area contributed by atoms with Gasteiger partial charge in [0.2, 0.25) is 0 Å². The van der Waals surface area contributed by atoms with Crippen LogP contribution in [0.3, 0.4) is 0 Å². The second-order valence-corrected chi connectivity index (χ2v) is 19.1. The van der Waals surface area contributed by atoms with Crippen LogP contribution in [0.2, 0.25) is 0 Å². The number of ether oxygens (including phenoxy) is 1. The van der Waals surface area contributed by atoms with Gasteiger partial charge in [0.1, 0.15) is 5.82 Å². The molecule has 6 heteroatoms. The zero-order valence-corrected chi connectivity index (χ0v) is 41.3. The summed E-state index contributed by atoms with van der Waals surface area (Å²) in [6.07, 6.45) is 2.00. The molecule has 1 aliphatic rings. The summed E-state index contributed by atoms with van der Waals surface area (Å²) in [4.78, 5) is 9.57. The van der Waals surface area contributed by atoms with E-state index in [-0.39, 0.29) is 31.9 Å². The molecule has 11 rings (SSSR count). The van der Waals surface area contributed by atoms with Gasteiger partial charge in [0, 0.05) is 72.3 Å². The van der Waals surface area contributed by atoms with Gasteiger partial charge in [-0.3, -0.25) is 0 Å². The molecule has 3 heterocycles. The smallest absolute Gasteiger partial charge is 0.135 e. The third-order valence-corrected chi connectivity index (χ3v) is 13.4. The second-order valence-electron chi connectivity index (χ2n) is 19.1. The predicted molar refractivity (Wildman–Crippen MR) is 277 cm³/mol. The summed E-state index contributed by atoms with van der Waals surface area (Å²) in [6.45, 7) is 15.6. The number of aromatic nitrogens is 2. The number of pyridine rings is 1. The van der Waals surface area contributed by atoms with E-state index >= 15 is 0 Å². The van der Waals surface area contributed by atoms with Gasteiger partial charge in [-0.05, 0) is 93.1 Å². The quantitative estimate of drug-likeness (QED) is 0.135. The van der Waals surface area contributed by atoms with Crippen LogP contribution < -0.4 is 14.5 Å². The first-order valence-corrected chi connectivity index (χ1v) is 23.0. The molecular formula is C62H51N4OPt-3. The third kappa shape index (κ3) is 8.20. The maximum atomic E-state index is 6.66. The Morgan fingerprint density at radius 2 is 1.19 bits per heavy atom. The van der Waals surface area contributed by atoms with Crippen molar-refractivity contribution in [3.63, 3.8) is 0 Å². The van der Waals surface area contributed by atoms with E-state index in [9.17, 15) is 0 Å². The number of rotatable bonds is 9. The minimum Gasteiger partial charge on any atom is -0.509 e. The molecule has 0 aliphatic carbocycles. The Balaban J connectivity index is 0.00000539. The van der Waals surface area contributed by atoms with Gasteiger partial charge in [0.25, 0.3) is 0 Å². The van der Waals surface area contributed by atoms with Crippen molar-refractivity contribution in [2.75, 3.05) is 9.80 Å². The number of hydrogen-bond donors (Lipinski definition) is 0. The van der Waals surface area contributed by atoms with Gasteiger partial charge in [-0.25, -0.2) is 4.98 Å². The predicted octanol–water partition coefficient (Wildman–Crippen LogP) is 16.2. The van der Waals surface area contributed by atoms with E-state index in [2.05, 4.69) is 245 Å². The van der Waals surface area contributed by atoms with E-state index in [1.807, 2.05) is 24.4 Å². The summed E-state index contributed by atoms with van der Waals surface area (Å²) in [5.74, 6) is 2.01. The fourth-order valence-corrected chi connectivity index (χ4v) is 9.47. The van der Waals surface area contributed by atoms with E-state index in [1.54, 1.807) is 0 Å². The monoisotopic (exact) mass is 1060 g/mol. The number of nitrogens with zero attached hydrogens (tertiary/aromatic N) is 4. The van der Waals surface area contributed by atoms with Gasteiger partial charge in [0.15, 0.2) is 0 Å². The molecule has 5 nitrogen and oxygen atoms in total. The van der Waals surface area contributed by atoms with E-state index in [0.717, 1.165) is 72.6 Å². The molecule has 1 aliphatic heterocycles. The number of benzene rings is 8. The number of hydrogen-bond acceptors (Lipinski definition) is 4. The Kier molecular flexibility index (Phi) is 11.7. The first-order valence-electron chi connectivity index (χ1n) is 23.0. The average Bonchev–Trinajstić information content (AvgIpc) is 3.90. The van der Waals surface area contributed by atoms with Crippen molar-refractivity contribution >= 4 is 44.6 Å². The minimum atomic E-state index is -0.110.